The predicted molar refractivity (Wildman–Crippen MR) is 108 cm³/mol. The third-order valence-electron chi connectivity index (χ3n) is 4.52. The average molecular weight is 430 g/mol. The van der Waals surface area contributed by atoms with Crippen LogP contribution in [0.4, 0.5) is 5.69 Å². The van der Waals surface area contributed by atoms with Crippen molar-refractivity contribution < 1.29 is 14.7 Å². The molecule has 6 nitrogen and oxygen atoms in total. The van der Waals surface area contributed by atoms with E-state index < -0.39 is 5.92 Å². The summed E-state index contributed by atoms with van der Waals surface area (Å²) in [5, 5.41) is 13.7. The van der Waals surface area contributed by atoms with Gasteiger partial charge in [-0.1, -0.05) is 35.0 Å². The van der Waals surface area contributed by atoms with E-state index in [0.29, 0.717) is 12.1 Å². The first-order valence-electron chi connectivity index (χ1n) is 8.68. The molecule has 0 aromatic heterocycles. The minimum atomic E-state index is -0.461. The number of rotatable bonds is 5. The van der Waals surface area contributed by atoms with Crippen molar-refractivity contribution in [1.29, 1.82) is 0 Å². The number of aryl methyl sites for hydroxylation is 1. The molecular formula is C20H20BrN3O3. The molecule has 0 aliphatic carbocycles. The fourth-order valence-corrected chi connectivity index (χ4v) is 3.31. The van der Waals surface area contributed by atoms with Crippen molar-refractivity contribution in [1.82, 2.24) is 5.43 Å². The number of anilines is 1. The number of halogens is 1. The Kier molecular flexibility index (Phi) is 5.91. The van der Waals surface area contributed by atoms with Crippen LogP contribution in [0, 0.1) is 5.92 Å². The van der Waals surface area contributed by atoms with Crippen LogP contribution >= 0.6 is 15.9 Å². The molecule has 0 radical (unpaired) electrons. The van der Waals surface area contributed by atoms with Gasteiger partial charge in [0.25, 0.3) is 0 Å². The Bertz CT molecular complexity index is 881. The molecule has 0 unspecified atom stereocenters. The number of hydrogen-bond donors (Lipinski definition) is 2. The number of carbonyl (C=O) groups excluding carboxylic acids is 2. The zero-order valence-electron chi connectivity index (χ0n) is 14.9. The summed E-state index contributed by atoms with van der Waals surface area (Å²) in [6, 6.07) is 12.7. The number of amides is 2. The maximum atomic E-state index is 12.3. The molecule has 1 atom stereocenters. The third-order valence-corrected chi connectivity index (χ3v) is 5.01. The third kappa shape index (κ3) is 4.54. The molecule has 27 heavy (non-hydrogen) atoms. The van der Waals surface area contributed by atoms with Gasteiger partial charge in [0.2, 0.25) is 11.8 Å². The van der Waals surface area contributed by atoms with Gasteiger partial charge in [-0.05, 0) is 42.3 Å². The van der Waals surface area contributed by atoms with Crippen LogP contribution in [0.5, 0.6) is 5.75 Å². The van der Waals surface area contributed by atoms with E-state index in [0.717, 1.165) is 16.6 Å². The van der Waals surface area contributed by atoms with Gasteiger partial charge < -0.3 is 10.0 Å². The van der Waals surface area contributed by atoms with Crippen LogP contribution in [0.1, 0.15) is 24.5 Å². The molecule has 2 aromatic rings. The number of nitrogens with one attached hydrogen (secondary N) is 1. The summed E-state index contributed by atoms with van der Waals surface area (Å²) in [6.45, 7) is 2.40. The molecule has 0 saturated carbocycles. The summed E-state index contributed by atoms with van der Waals surface area (Å²) in [5.41, 5.74) is 4.93. The standard InChI is InChI=1S/C20H20BrN3O3/c1-2-13-3-6-17(7-4-13)24-12-15(10-19(24)26)20(27)23-22-11-14-9-16(21)5-8-18(14)25/h3-9,11,15,25H,2,10,12H2,1H3,(H,23,27)/b22-11+/t15-/m0/s1. The number of nitrogens with zero attached hydrogens (tertiary/aromatic N) is 2. The Morgan fingerprint density at radius 2 is 2.07 bits per heavy atom. The first-order chi connectivity index (χ1) is 13.0. The van der Waals surface area contributed by atoms with Crippen LogP contribution < -0.4 is 10.3 Å². The lowest BCUT2D eigenvalue weighted by molar-refractivity contribution is -0.126. The molecule has 2 amide bonds. The highest BCUT2D eigenvalue weighted by Gasteiger charge is 2.35. The number of carbonyl (C=O) groups is 2. The van der Waals surface area contributed by atoms with Gasteiger partial charge in [0.1, 0.15) is 5.75 Å². The zero-order chi connectivity index (χ0) is 19.4. The molecule has 1 fully saturated rings. The van der Waals surface area contributed by atoms with Crippen molar-refractivity contribution in [2.45, 2.75) is 19.8 Å². The van der Waals surface area contributed by atoms with Crippen LogP contribution in [0.3, 0.4) is 0 Å². The number of hydrazone groups is 1. The number of aromatic hydroxyl groups is 1. The SMILES string of the molecule is CCc1ccc(N2C[C@@H](C(=O)N/N=C/c3cc(Br)ccc3O)CC2=O)cc1. The summed E-state index contributed by atoms with van der Waals surface area (Å²) in [7, 11) is 0. The van der Waals surface area contributed by atoms with E-state index in [2.05, 4.69) is 33.4 Å². The Hall–Kier alpha value is -2.67. The maximum Gasteiger partial charge on any atom is 0.245 e. The molecule has 1 saturated heterocycles. The van der Waals surface area contributed by atoms with Gasteiger partial charge in [-0.3, -0.25) is 9.59 Å². The number of hydrogen-bond acceptors (Lipinski definition) is 4. The van der Waals surface area contributed by atoms with Crippen molar-refractivity contribution in [3.05, 3.63) is 58.1 Å². The Labute approximate surface area is 166 Å². The minimum Gasteiger partial charge on any atom is -0.507 e. The molecule has 2 N–H and O–H groups in total. The molecule has 1 aliphatic rings. The molecule has 0 bridgehead atoms. The quantitative estimate of drug-likeness (QED) is 0.565. The fraction of sp³-hybridized carbons (Fsp3) is 0.250. The van der Waals surface area contributed by atoms with Gasteiger partial charge in [-0.25, -0.2) is 5.43 Å². The van der Waals surface area contributed by atoms with Gasteiger partial charge in [-0.15, -0.1) is 0 Å². The van der Waals surface area contributed by atoms with Crippen molar-refractivity contribution in [2.24, 2.45) is 11.0 Å². The zero-order valence-corrected chi connectivity index (χ0v) is 16.4. The van der Waals surface area contributed by atoms with Crippen LogP contribution in [0.15, 0.2) is 52.0 Å². The first kappa shape index (κ1) is 19.1. The Balaban J connectivity index is 1.61. The van der Waals surface area contributed by atoms with Gasteiger partial charge >= 0.3 is 0 Å². The second-order valence-corrected chi connectivity index (χ2v) is 7.28. The smallest absolute Gasteiger partial charge is 0.245 e. The van der Waals surface area contributed by atoms with Crippen molar-refractivity contribution in [3.63, 3.8) is 0 Å². The van der Waals surface area contributed by atoms with Crippen LogP contribution in [-0.4, -0.2) is 29.7 Å². The van der Waals surface area contributed by atoms with Gasteiger partial charge in [0.15, 0.2) is 0 Å². The lowest BCUT2D eigenvalue weighted by Gasteiger charge is -2.16. The highest BCUT2D eigenvalue weighted by Crippen LogP contribution is 2.25. The average Bonchev–Trinajstić information content (AvgIpc) is 3.06. The summed E-state index contributed by atoms with van der Waals surface area (Å²) >= 11 is 3.31. The molecule has 1 aliphatic heterocycles. The summed E-state index contributed by atoms with van der Waals surface area (Å²) in [5.74, 6) is -0.791. The van der Waals surface area contributed by atoms with E-state index >= 15 is 0 Å². The van der Waals surface area contributed by atoms with E-state index in [9.17, 15) is 14.7 Å². The highest BCUT2D eigenvalue weighted by molar-refractivity contribution is 9.10. The van der Waals surface area contributed by atoms with Gasteiger partial charge in [0.05, 0.1) is 12.1 Å². The summed E-state index contributed by atoms with van der Waals surface area (Å²) in [4.78, 5) is 26.3. The Morgan fingerprint density at radius 3 is 2.78 bits per heavy atom. The molecule has 7 heteroatoms. The normalized spacial score (nSPS) is 16.9. The van der Waals surface area contributed by atoms with Crippen LogP contribution in [0.25, 0.3) is 0 Å². The molecular weight excluding hydrogens is 410 g/mol. The van der Waals surface area contributed by atoms with Crippen LogP contribution in [0.2, 0.25) is 0 Å². The summed E-state index contributed by atoms with van der Waals surface area (Å²) in [6.07, 6.45) is 2.46. The number of phenolic OH excluding ortho intramolecular Hbond substituents is 1. The Morgan fingerprint density at radius 1 is 1.33 bits per heavy atom. The molecule has 1 heterocycles. The highest BCUT2D eigenvalue weighted by atomic mass is 79.9. The number of benzene rings is 2. The minimum absolute atomic E-state index is 0.0638. The molecule has 0 spiro atoms. The predicted octanol–water partition coefficient (Wildman–Crippen LogP) is 3.22. The van der Waals surface area contributed by atoms with E-state index in [1.54, 1.807) is 17.0 Å². The maximum absolute atomic E-state index is 12.3. The van der Waals surface area contributed by atoms with Gasteiger partial charge in [-0.2, -0.15) is 5.10 Å². The lowest BCUT2D eigenvalue weighted by Crippen LogP contribution is -2.30. The van der Waals surface area contributed by atoms with Gasteiger partial charge in [0, 0.05) is 28.7 Å². The van der Waals surface area contributed by atoms with Crippen molar-refractivity contribution in [3.8, 4) is 5.75 Å². The number of phenols is 1. The largest absolute Gasteiger partial charge is 0.507 e. The molecule has 140 valence electrons. The van der Waals surface area contributed by atoms with E-state index in [1.165, 1.54) is 17.8 Å². The lowest BCUT2D eigenvalue weighted by atomic mass is 10.1. The second-order valence-electron chi connectivity index (χ2n) is 6.36. The van der Waals surface area contributed by atoms with Crippen molar-refractivity contribution in [2.75, 3.05) is 11.4 Å². The summed E-state index contributed by atoms with van der Waals surface area (Å²) < 4.78 is 0.791. The molecule has 2 aromatic carbocycles. The topological polar surface area (TPSA) is 82.0 Å². The fourth-order valence-electron chi connectivity index (χ4n) is 2.93. The van der Waals surface area contributed by atoms with Crippen LogP contribution in [-0.2, 0) is 16.0 Å². The molecule has 3 rings (SSSR count). The monoisotopic (exact) mass is 429 g/mol. The first-order valence-corrected chi connectivity index (χ1v) is 9.48. The van der Waals surface area contributed by atoms with Crippen molar-refractivity contribution >= 4 is 39.6 Å². The van der Waals surface area contributed by atoms with E-state index in [1.807, 2.05) is 24.3 Å². The van der Waals surface area contributed by atoms with E-state index in [-0.39, 0.29) is 24.0 Å². The second kappa shape index (κ2) is 8.35. The van der Waals surface area contributed by atoms with E-state index in [4.69, 9.17) is 0 Å².